The minimum atomic E-state index is -4.36. The lowest BCUT2D eigenvalue weighted by atomic mass is 10.4. The Kier molecular flexibility index (Phi) is 3.19. The maximum absolute atomic E-state index is 12.0. The Balaban J connectivity index is 2.55. The van der Waals surface area contributed by atoms with Gasteiger partial charge < -0.3 is 0 Å². The highest BCUT2D eigenvalue weighted by atomic mass is 79.9. The second kappa shape index (κ2) is 3.80. The first kappa shape index (κ1) is 10.1. The normalized spacial score (nSPS) is 11.8. The van der Waals surface area contributed by atoms with Gasteiger partial charge in [0.2, 0.25) is 0 Å². The molecule has 68 valence electrons. The highest BCUT2D eigenvalue weighted by Crippen LogP contribution is 2.16. The summed E-state index contributed by atoms with van der Waals surface area (Å²) in [6, 6.07) is 0. The zero-order chi connectivity index (χ0) is 9.19. The fourth-order valence-electron chi connectivity index (χ4n) is 0.624. The molecule has 0 spiro atoms. The average molecular weight is 274 g/mol. The summed E-state index contributed by atoms with van der Waals surface area (Å²) < 4.78 is 32.9. The van der Waals surface area contributed by atoms with E-state index in [-0.39, 0.29) is 6.42 Å². The molecule has 1 aromatic rings. The van der Waals surface area contributed by atoms with Crippen LogP contribution in [0, 0.1) is 0 Å². The van der Waals surface area contributed by atoms with E-state index in [0.29, 0.717) is 9.61 Å². The van der Waals surface area contributed by atoms with Crippen LogP contribution in [-0.4, -0.2) is 19.2 Å². The molecule has 1 rings (SSSR count). The molecule has 0 aliphatic carbocycles. The van der Waals surface area contributed by atoms with Gasteiger partial charge in [0.15, 0.2) is 3.92 Å². The Morgan fingerprint density at radius 3 is 2.75 bits per heavy atom. The molecule has 0 radical (unpaired) electrons. The van der Waals surface area contributed by atoms with Crippen LogP contribution in [0.5, 0.6) is 0 Å². The number of thiazole rings is 1. The Labute approximate surface area is 82.0 Å². The molecule has 0 aliphatic rings. The van der Waals surface area contributed by atoms with Crippen molar-refractivity contribution in [2.24, 2.45) is 0 Å². The van der Waals surface area contributed by atoms with Crippen LogP contribution in [0.1, 0.15) is 5.69 Å². The topological polar surface area (TPSA) is 47.0 Å². The van der Waals surface area contributed by atoms with E-state index in [2.05, 4.69) is 20.9 Å². The van der Waals surface area contributed by atoms with E-state index in [1.807, 2.05) is 0 Å². The van der Waals surface area contributed by atoms with E-state index < -0.39 is 16.0 Å². The van der Waals surface area contributed by atoms with E-state index >= 15 is 0 Å². The molecule has 7 heteroatoms. The second-order valence-corrected chi connectivity index (χ2v) is 5.70. The number of hydrogen-bond donors (Lipinski definition) is 0. The van der Waals surface area contributed by atoms with E-state index in [0.717, 1.165) is 0 Å². The van der Waals surface area contributed by atoms with Gasteiger partial charge in [0.25, 0.3) is 0 Å². The van der Waals surface area contributed by atoms with Crippen molar-refractivity contribution in [2.45, 2.75) is 6.42 Å². The van der Waals surface area contributed by atoms with E-state index in [9.17, 15) is 12.3 Å². The lowest BCUT2D eigenvalue weighted by molar-refractivity contribution is 0.551. The second-order valence-electron chi connectivity index (χ2n) is 2.08. The van der Waals surface area contributed by atoms with Crippen LogP contribution in [0.3, 0.4) is 0 Å². The first-order valence-corrected chi connectivity index (χ1v) is 6.22. The minimum Gasteiger partial charge on any atom is -0.234 e. The molecule has 1 aromatic heterocycles. The summed E-state index contributed by atoms with van der Waals surface area (Å²) in [7, 11) is -4.36. The van der Waals surface area contributed by atoms with Crippen molar-refractivity contribution in [3.05, 3.63) is 15.0 Å². The number of aromatic nitrogens is 1. The fraction of sp³-hybridized carbons (Fsp3) is 0.400. The minimum absolute atomic E-state index is 0.126. The smallest absolute Gasteiger partial charge is 0.234 e. The predicted octanol–water partition coefficient (Wildman–Crippen LogP) is 1.75. The van der Waals surface area contributed by atoms with Crippen LogP contribution >= 0.6 is 27.3 Å². The van der Waals surface area contributed by atoms with Gasteiger partial charge in [-0.15, -0.1) is 15.2 Å². The van der Waals surface area contributed by atoms with Crippen molar-refractivity contribution in [2.75, 3.05) is 5.75 Å². The van der Waals surface area contributed by atoms with Crippen molar-refractivity contribution in [1.82, 2.24) is 4.98 Å². The third-order valence-corrected chi connectivity index (χ3v) is 3.23. The zero-order valence-electron chi connectivity index (χ0n) is 5.83. The number of aryl methyl sites for hydroxylation is 1. The molecular formula is C5H5BrFNO2S2. The van der Waals surface area contributed by atoms with Crippen LogP contribution in [0.25, 0.3) is 0 Å². The Morgan fingerprint density at radius 1 is 1.67 bits per heavy atom. The molecule has 12 heavy (non-hydrogen) atoms. The van der Waals surface area contributed by atoms with Gasteiger partial charge in [-0.1, -0.05) is 0 Å². The van der Waals surface area contributed by atoms with Crippen molar-refractivity contribution < 1.29 is 12.3 Å². The van der Waals surface area contributed by atoms with Crippen LogP contribution in [-0.2, 0) is 16.6 Å². The highest BCUT2D eigenvalue weighted by molar-refractivity contribution is 9.11. The summed E-state index contributed by atoms with van der Waals surface area (Å²) in [5.41, 5.74) is 0.591. The summed E-state index contributed by atoms with van der Waals surface area (Å²) >= 11 is 4.46. The molecule has 0 saturated carbocycles. The quantitative estimate of drug-likeness (QED) is 0.789. The van der Waals surface area contributed by atoms with Crippen LogP contribution in [0.2, 0.25) is 0 Å². The molecular weight excluding hydrogens is 269 g/mol. The van der Waals surface area contributed by atoms with E-state index in [1.165, 1.54) is 11.3 Å². The zero-order valence-corrected chi connectivity index (χ0v) is 9.05. The maximum atomic E-state index is 12.0. The van der Waals surface area contributed by atoms with Gasteiger partial charge in [0.05, 0.1) is 11.4 Å². The van der Waals surface area contributed by atoms with E-state index in [1.54, 1.807) is 5.38 Å². The standard InChI is InChI=1S/C5H5BrFNO2S2/c6-5-8-4(3-11-5)1-2-12(7,9)10/h3H,1-2H2. The van der Waals surface area contributed by atoms with Crippen molar-refractivity contribution in [3.8, 4) is 0 Å². The molecule has 0 amide bonds. The van der Waals surface area contributed by atoms with Crippen LogP contribution in [0.4, 0.5) is 3.89 Å². The summed E-state index contributed by atoms with van der Waals surface area (Å²) in [4.78, 5) is 3.92. The molecule has 0 aliphatic heterocycles. The van der Waals surface area contributed by atoms with Gasteiger partial charge >= 0.3 is 10.2 Å². The Bertz CT molecular complexity index is 361. The van der Waals surface area contributed by atoms with Gasteiger partial charge in [-0.3, -0.25) is 0 Å². The summed E-state index contributed by atoms with van der Waals surface area (Å²) in [5.74, 6) is -0.497. The van der Waals surface area contributed by atoms with E-state index in [4.69, 9.17) is 0 Å². The Hall–Kier alpha value is -0.0100. The van der Waals surface area contributed by atoms with Crippen molar-refractivity contribution in [1.29, 1.82) is 0 Å². The van der Waals surface area contributed by atoms with Gasteiger partial charge in [-0.25, -0.2) is 4.98 Å². The summed E-state index contributed by atoms with van der Waals surface area (Å²) in [5, 5.41) is 1.69. The van der Waals surface area contributed by atoms with Crippen molar-refractivity contribution in [3.63, 3.8) is 0 Å². The number of hydrogen-bond acceptors (Lipinski definition) is 4. The van der Waals surface area contributed by atoms with Gasteiger partial charge in [0.1, 0.15) is 0 Å². The number of halogens is 2. The molecule has 3 nitrogen and oxygen atoms in total. The molecule has 0 atom stereocenters. The molecule has 0 N–H and O–H groups in total. The largest absolute Gasteiger partial charge is 0.302 e. The van der Waals surface area contributed by atoms with Gasteiger partial charge in [0, 0.05) is 11.8 Å². The molecule has 0 unspecified atom stereocenters. The SMILES string of the molecule is O=S(=O)(F)CCc1csc(Br)n1. The van der Waals surface area contributed by atoms with Gasteiger partial charge in [-0.05, 0) is 15.9 Å². The molecule has 0 fully saturated rings. The first-order valence-electron chi connectivity index (χ1n) is 2.99. The molecule has 0 aromatic carbocycles. The third kappa shape index (κ3) is 3.59. The lowest BCUT2D eigenvalue weighted by Gasteiger charge is -1.90. The third-order valence-electron chi connectivity index (χ3n) is 1.13. The van der Waals surface area contributed by atoms with Crippen LogP contribution in [0.15, 0.2) is 9.30 Å². The summed E-state index contributed by atoms with van der Waals surface area (Å²) in [6.45, 7) is 0. The summed E-state index contributed by atoms with van der Waals surface area (Å²) in [6.07, 6.45) is 0.126. The van der Waals surface area contributed by atoms with Gasteiger partial charge in [-0.2, -0.15) is 8.42 Å². The molecule has 0 saturated heterocycles. The predicted molar refractivity (Wildman–Crippen MR) is 48.4 cm³/mol. The Morgan fingerprint density at radius 2 is 2.33 bits per heavy atom. The maximum Gasteiger partial charge on any atom is 0.302 e. The molecule has 1 heterocycles. The fourth-order valence-corrected chi connectivity index (χ4v) is 2.16. The average Bonchev–Trinajstić information content (AvgIpc) is 2.30. The monoisotopic (exact) mass is 273 g/mol. The first-order chi connectivity index (χ1) is 5.47. The number of rotatable bonds is 3. The van der Waals surface area contributed by atoms with Crippen molar-refractivity contribution >= 4 is 37.5 Å². The highest BCUT2D eigenvalue weighted by Gasteiger charge is 2.08. The van der Waals surface area contributed by atoms with Crippen LogP contribution < -0.4 is 0 Å². The molecule has 0 bridgehead atoms. The lowest BCUT2D eigenvalue weighted by Crippen LogP contribution is -2.01. The number of nitrogens with zero attached hydrogens (tertiary/aromatic N) is 1.